The highest BCUT2D eigenvalue weighted by atomic mass is 16.2. The summed E-state index contributed by atoms with van der Waals surface area (Å²) < 4.78 is 0. The molecule has 3 aliphatic rings. The van der Waals surface area contributed by atoms with E-state index < -0.39 is 0 Å². The number of hydrogen-bond donors (Lipinski definition) is 0. The zero-order valence-corrected chi connectivity index (χ0v) is 16.8. The van der Waals surface area contributed by atoms with Crippen molar-refractivity contribution in [2.45, 2.75) is 13.0 Å². The number of aryl methyl sites for hydroxylation is 1. The van der Waals surface area contributed by atoms with Crippen LogP contribution in [0.3, 0.4) is 0 Å². The number of amides is 1. The fourth-order valence-electron chi connectivity index (χ4n) is 6.10. The van der Waals surface area contributed by atoms with Crippen molar-refractivity contribution in [3.05, 3.63) is 35.4 Å². The lowest BCUT2D eigenvalue weighted by Gasteiger charge is -2.32. The Balaban J connectivity index is 1.61. The number of carbonyl (C=O) groups excluding carboxylic acids is 1. The van der Waals surface area contributed by atoms with Crippen molar-refractivity contribution in [1.82, 2.24) is 19.6 Å². The Morgan fingerprint density at radius 2 is 1.54 bits per heavy atom. The molecule has 1 aromatic rings. The summed E-state index contributed by atoms with van der Waals surface area (Å²) in [6, 6.07) is 8.19. The van der Waals surface area contributed by atoms with Crippen molar-refractivity contribution in [3.63, 3.8) is 0 Å². The molecule has 1 atom stereocenters. The third-order valence-electron chi connectivity index (χ3n) is 6.82. The van der Waals surface area contributed by atoms with E-state index in [9.17, 15) is 4.79 Å². The standard InChI is InChI=1S/C21H32N4O/c1-16-7-6-8-17(9-16)18(22(2)3)19(26)25-14-20-10-23(4)11-21(20,15-25)13-24(5)12-20/h6-9,18H,10-15H2,1-5H3/t18-,20?,21?/m0/s1. The predicted molar refractivity (Wildman–Crippen MR) is 104 cm³/mol. The fourth-order valence-corrected chi connectivity index (χ4v) is 6.10. The van der Waals surface area contributed by atoms with Gasteiger partial charge in [-0.3, -0.25) is 9.69 Å². The molecular weight excluding hydrogens is 324 g/mol. The Bertz CT molecular complexity index is 678. The van der Waals surface area contributed by atoms with Gasteiger partial charge in [0, 0.05) is 50.1 Å². The van der Waals surface area contributed by atoms with Gasteiger partial charge in [-0.05, 0) is 40.7 Å². The van der Waals surface area contributed by atoms with Gasteiger partial charge in [0.15, 0.2) is 0 Å². The third kappa shape index (κ3) is 2.60. The van der Waals surface area contributed by atoms with Crippen LogP contribution in [0.25, 0.3) is 0 Å². The molecule has 5 nitrogen and oxygen atoms in total. The first kappa shape index (κ1) is 18.0. The summed E-state index contributed by atoms with van der Waals surface area (Å²) in [6.45, 7) is 8.33. The van der Waals surface area contributed by atoms with Gasteiger partial charge in [0.25, 0.3) is 0 Å². The number of benzene rings is 1. The van der Waals surface area contributed by atoms with Gasteiger partial charge in [-0.2, -0.15) is 0 Å². The van der Waals surface area contributed by atoms with E-state index in [2.05, 4.69) is 64.9 Å². The van der Waals surface area contributed by atoms with Gasteiger partial charge in [0.1, 0.15) is 6.04 Å². The van der Waals surface area contributed by atoms with Crippen LogP contribution in [0.4, 0.5) is 0 Å². The molecule has 0 aromatic heterocycles. The van der Waals surface area contributed by atoms with Gasteiger partial charge in [-0.25, -0.2) is 0 Å². The monoisotopic (exact) mass is 356 g/mol. The first-order chi connectivity index (χ1) is 12.3. The zero-order valence-electron chi connectivity index (χ0n) is 16.8. The maximum Gasteiger partial charge on any atom is 0.244 e. The van der Waals surface area contributed by atoms with E-state index in [1.54, 1.807) is 0 Å². The maximum absolute atomic E-state index is 13.6. The molecule has 1 amide bonds. The lowest BCUT2D eigenvalue weighted by Crippen LogP contribution is -2.44. The molecule has 0 spiro atoms. The number of rotatable bonds is 3. The average Bonchev–Trinajstić information content (AvgIpc) is 3.01. The van der Waals surface area contributed by atoms with Gasteiger partial charge < -0.3 is 14.7 Å². The van der Waals surface area contributed by atoms with Crippen LogP contribution in [0.2, 0.25) is 0 Å². The van der Waals surface area contributed by atoms with E-state index in [0.717, 1.165) is 44.8 Å². The molecule has 0 saturated carbocycles. The maximum atomic E-state index is 13.6. The predicted octanol–water partition coefficient (Wildman–Crippen LogP) is 1.30. The second-order valence-corrected chi connectivity index (χ2v) is 9.38. The van der Waals surface area contributed by atoms with E-state index >= 15 is 0 Å². The van der Waals surface area contributed by atoms with Crippen LogP contribution in [-0.2, 0) is 4.79 Å². The molecule has 4 rings (SSSR count). The summed E-state index contributed by atoms with van der Waals surface area (Å²) >= 11 is 0. The molecule has 3 fully saturated rings. The van der Waals surface area contributed by atoms with Crippen molar-refractivity contribution in [1.29, 1.82) is 0 Å². The topological polar surface area (TPSA) is 30.0 Å². The van der Waals surface area contributed by atoms with Crippen LogP contribution in [0, 0.1) is 17.8 Å². The molecule has 142 valence electrons. The Morgan fingerprint density at radius 3 is 2.00 bits per heavy atom. The minimum absolute atomic E-state index is 0.197. The van der Waals surface area contributed by atoms with Crippen molar-refractivity contribution >= 4 is 5.91 Å². The van der Waals surface area contributed by atoms with E-state index in [-0.39, 0.29) is 22.8 Å². The highest BCUT2D eigenvalue weighted by molar-refractivity contribution is 5.84. The number of hydrogen-bond acceptors (Lipinski definition) is 4. The summed E-state index contributed by atoms with van der Waals surface area (Å²) in [5.41, 5.74) is 2.80. The van der Waals surface area contributed by atoms with Crippen LogP contribution in [-0.4, -0.2) is 93.0 Å². The largest absolute Gasteiger partial charge is 0.340 e. The molecule has 5 heteroatoms. The molecule has 1 aromatic carbocycles. The minimum Gasteiger partial charge on any atom is -0.340 e. The molecule has 3 saturated heterocycles. The quantitative estimate of drug-likeness (QED) is 0.817. The number of carbonyl (C=O) groups is 1. The van der Waals surface area contributed by atoms with Gasteiger partial charge >= 0.3 is 0 Å². The lowest BCUT2D eigenvalue weighted by atomic mass is 9.71. The molecule has 0 aliphatic carbocycles. The van der Waals surface area contributed by atoms with E-state index in [0.29, 0.717) is 0 Å². The fraction of sp³-hybridized carbons (Fsp3) is 0.667. The molecule has 26 heavy (non-hydrogen) atoms. The van der Waals surface area contributed by atoms with Crippen molar-refractivity contribution in [2.75, 3.05) is 67.5 Å². The zero-order chi connectivity index (χ0) is 18.7. The van der Waals surface area contributed by atoms with Crippen molar-refractivity contribution in [3.8, 4) is 0 Å². The normalized spacial score (nSPS) is 32.9. The number of likely N-dealkylation sites (N-methyl/N-ethyl adjacent to an activating group) is 1. The average molecular weight is 357 g/mol. The third-order valence-corrected chi connectivity index (χ3v) is 6.82. The smallest absolute Gasteiger partial charge is 0.244 e. The van der Waals surface area contributed by atoms with Crippen molar-refractivity contribution in [2.24, 2.45) is 10.8 Å². The first-order valence-electron chi connectivity index (χ1n) is 9.64. The molecule has 0 unspecified atom stereocenters. The van der Waals surface area contributed by atoms with Crippen LogP contribution in [0.1, 0.15) is 17.2 Å². The summed E-state index contributed by atoms with van der Waals surface area (Å²) in [5, 5.41) is 0. The Kier molecular flexibility index (Phi) is 4.17. The molecule has 3 heterocycles. The van der Waals surface area contributed by atoms with Crippen molar-refractivity contribution < 1.29 is 4.79 Å². The lowest BCUT2D eigenvalue weighted by molar-refractivity contribution is -0.136. The minimum atomic E-state index is -0.197. The summed E-state index contributed by atoms with van der Waals surface area (Å²) in [5.74, 6) is 0.265. The van der Waals surface area contributed by atoms with Crippen LogP contribution >= 0.6 is 0 Å². The summed E-state index contributed by atoms with van der Waals surface area (Å²) in [7, 11) is 8.49. The van der Waals surface area contributed by atoms with Gasteiger partial charge in [0.2, 0.25) is 5.91 Å². The molecular formula is C21H32N4O. The van der Waals surface area contributed by atoms with Gasteiger partial charge in [0.05, 0.1) is 0 Å². The van der Waals surface area contributed by atoms with E-state index in [1.165, 1.54) is 5.56 Å². The Morgan fingerprint density at radius 1 is 1.00 bits per heavy atom. The highest BCUT2D eigenvalue weighted by Crippen LogP contribution is 2.56. The summed E-state index contributed by atoms with van der Waals surface area (Å²) in [6.07, 6.45) is 0. The summed E-state index contributed by atoms with van der Waals surface area (Å²) in [4.78, 5) is 22.8. The van der Waals surface area contributed by atoms with Gasteiger partial charge in [-0.15, -0.1) is 0 Å². The van der Waals surface area contributed by atoms with Crippen LogP contribution in [0.5, 0.6) is 0 Å². The number of likely N-dealkylation sites (tertiary alicyclic amines) is 3. The van der Waals surface area contributed by atoms with E-state index in [1.807, 2.05) is 14.1 Å². The van der Waals surface area contributed by atoms with Crippen LogP contribution in [0.15, 0.2) is 24.3 Å². The molecule has 0 bridgehead atoms. The van der Waals surface area contributed by atoms with Crippen LogP contribution < -0.4 is 0 Å². The number of nitrogens with zero attached hydrogens (tertiary/aromatic N) is 4. The molecule has 0 radical (unpaired) electrons. The Labute approximate surface area is 157 Å². The van der Waals surface area contributed by atoms with E-state index in [4.69, 9.17) is 0 Å². The Hall–Kier alpha value is -1.43. The SMILES string of the molecule is Cc1cccc([C@@H](C(=O)N2CC34CN(C)CC3(CN(C)C4)C2)N(C)C)c1. The van der Waals surface area contributed by atoms with Gasteiger partial charge in [-0.1, -0.05) is 29.8 Å². The highest BCUT2D eigenvalue weighted by Gasteiger charge is 2.66. The second-order valence-electron chi connectivity index (χ2n) is 9.38. The molecule has 0 N–H and O–H groups in total. The second kappa shape index (κ2) is 6.04. The molecule has 3 aliphatic heterocycles. The first-order valence-corrected chi connectivity index (χ1v) is 9.64.